The molecule has 0 aromatic carbocycles. The third kappa shape index (κ3) is 1.32. The van der Waals surface area contributed by atoms with Crippen LogP contribution >= 0.6 is 0 Å². The summed E-state index contributed by atoms with van der Waals surface area (Å²) in [4.78, 5) is 3.93. The molecule has 0 N–H and O–H groups in total. The van der Waals surface area contributed by atoms with Gasteiger partial charge in [0.2, 0.25) is 5.88 Å². The van der Waals surface area contributed by atoms with Gasteiger partial charge in [-0.3, -0.25) is 0 Å². The van der Waals surface area contributed by atoms with Gasteiger partial charge in [-0.15, -0.1) is 6.42 Å². The Morgan fingerprint density at radius 2 is 2.17 bits per heavy atom. The fourth-order valence-electron chi connectivity index (χ4n) is 0.884. The minimum atomic E-state index is 0.414. The van der Waals surface area contributed by atoms with Crippen molar-refractivity contribution in [3.8, 4) is 24.0 Å². The summed E-state index contributed by atoms with van der Waals surface area (Å²) in [5.41, 5.74) is 0.544. The zero-order valence-corrected chi connectivity index (χ0v) is 7.00. The molecule has 0 radical (unpaired) electrons. The maximum Gasteiger partial charge on any atom is 0.233 e. The van der Waals surface area contributed by atoms with Gasteiger partial charge < -0.3 is 9.47 Å². The largest absolute Gasteiger partial charge is 0.495 e. The molecule has 0 aliphatic heterocycles. The lowest BCUT2D eigenvalue weighted by Crippen LogP contribution is -1.94. The second-order valence-electron chi connectivity index (χ2n) is 2.04. The monoisotopic (exact) mass is 163 g/mol. The van der Waals surface area contributed by atoms with E-state index in [1.165, 1.54) is 7.11 Å². The van der Waals surface area contributed by atoms with Crippen LogP contribution in [0.4, 0.5) is 0 Å². The number of ether oxygens (including phenoxy) is 2. The summed E-state index contributed by atoms with van der Waals surface area (Å²) in [5, 5.41) is 0. The molecule has 0 saturated carbocycles. The van der Waals surface area contributed by atoms with E-state index in [0.29, 0.717) is 17.2 Å². The number of nitrogens with zero attached hydrogens (tertiary/aromatic N) is 1. The summed E-state index contributed by atoms with van der Waals surface area (Å²) in [6, 6.07) is 1.69. The summed E-state index contributed by atoms with van der Waals surface area (Å²) >= 11 is 0. The topological polar surface area (TPSA) is 31.4 Å². The Balaban J connectivity index is 3.25. The quantitative estimate of drug-likeness (QED) is 0.611. The van der Waals surface area contributed by atoms with Crippen molar-refractivity contribution < 1.29 is 9.47 Å². The first-order valence-electron chi connectivity index (χ1n) is 3.37. The lowest BCUT2D eigenvalue weighted by molar-refractivity contribution is 0.380. The Labute approximate surface area is 71.3 Å². The van der Waals surface area contributed by atoms with Crippen LogP contribution < -0.4 is 9.47 Å². The highest BCUT2D eigenvalue weighted by Gasteiger charge is 2.06. The van der Waals surface area contributed by atoms with E-state index in [9.17, 15) is 0 Å². The highest BCUT2D eigenvalue weighted by Crippen LogP contribution is 2.23. The van der Waals surface area contributed by atoms with Crippen LogP contribution in [0.2, 0.25) is 0 Å². The molecule has 0 fully saturated rings. The molecule has 0 aliphatic rings. The summed E-state index contributed by atoms with van der Waals surface area (Å²) in [6.45, 7) is 0. The Kier molecular flexibility index (Phi) is 2.54. The molecule has 3 heteroatoms. The fourth-order valence-corrected chi connectivity index (χ4v) is 0.884. The average Bonchev–Trinajstić information content (AvgIpc) is 2.16. The van der Waals surface area contributed by atoms with Crippen LogP contribution in [0.1, 0.15) is 5.56 Å². The SMILES string of the molecule is C#Cc1c(OC)ccnc1OC. The Morgan fingerprint density at radius 1 is 1.42 bits per heavy atom. The molecule has 1 aromatic rings. The summed E-state index contributed by atoms with van der Waals surface area (Å²) in [6.07, 6.45) is 6.83. The van der Waals surface area contributed by atoms with Gasteiger partial charge in [-0.1, -0.05) is 5.92 Å². The van der Waals surface area contributed by atoms with E-state index in [1.54, 1.807) is 19.4 Å². The predicted molar refractivity (Wildman–Crippen MR) is 45.3 cm³/mol. The smallest absolute Gasteiger partial charge is 0.233 e. The summed E-state index contributed by atoms with van der Waals surface area (Å²) in [7, 11) is 3.07. The maximum atomic E-state index is 5.25. The summed E-state index contributed by atoms with van der Waals surface area (Å²) < 4.78 is 9.96. The first-order valence-corrected chi connectivity index (χ1v) is 3.37. The molecule has 0 bridgehead atoms. The fraction of sp³-hybridized carbons (Fsp3) is 0.222. The Hall–Kier alpha value is -1.69. The molecule has 1 rings (SSSR count). The molecule has 0 saturated heterocycles. The number of pyridine rings is 1. The van der Waals surface area contributed by atoms with Crippen molar-refractivity contribution in [2.24, 2.45) is 0 Å². The van der Waals surface area contributed by atoms with Gasteiger partial charge in [0.05, 0.1) is 14.2 Å². The van der Waals surface area contributed by atoms with Crippen molar-refractivity contribution in [2.45, 2.75) is 0 Å². The van der Waals surface area contributed by atoms with Gasteiger partial charge in [-0.25, -0.2) is 4.98 Å². The van der Waals surface area contributed by atoms with Gasteiger partial charge in [0.15, 0.2) is 0 Å². The van der Waals surface area contributed by atoms with Gasteiger partial charge >= 0.3 is 0 Å². The second-order valence-corrected chi connectivity index (χ2v) is 2.04. The van der Waals surface area contributed by atoms with E-state index in [2.05, 4.69) is 10.9 Å². The molecule has 62 valence electrons. The normalized spacial score (nSPS) is 8.75. The van der Waals surface area contributed by atoms with E-state index < -0.39 is 0 Å². The standard InChI is InChI=1S/C9H9NO2/c1-4-7-8(11-2)5-6-10-9(7)12-3/h1,5-6H,2-3H3. The molecule has 0 amide bonds. The van der Waals surface area contributed by atoms with Gasteiger partial charge in [0.25, 0.3) is 0 Å². The van der Waals surface area contributed by atoms with Crippen molar-refractivity contribution in [1.82, 2.24) is 4.98 Å². The molecule has 0 spiro atoms. The van der Waals surface area contributed by atoms with Crippen LogP contribution in [0.5, 0.6) is 11.6 Å². The molecule has 1 aromatic heterocycles. The molecule has 3 nitrogen and oxygen atoms in total. The molecule has 1 heterocycles. The minimum absolute atomic E-state index is 0.414. The number of methoxy groups -OCH3 is 2. The van der Waals surface area contributed by atoms with Crippen LogP contribution in [0.15, 0.2) is 12.3 Å². The van der Waals surface area contributed by atoms with Crippen molar-refractivity contribution in [2.75, 3.05) is 14.2 Å². The van der Waals surface area contributed by atoms with Crippen molar-refractivity contribution in [1.29, 1.82) is 0 Å². The number of hydrogen-bond donors (Lipinski definition) is 0. The van der Waals surface area contributed by atoms with Crippen LogP contribution in [-0.2, 0) is 0 Å². The van der Waals surface area contributed by atoms with E-state index in [-0.39, 0.29) is 0 Å². The first-order chi connectivity index (χ1) is 5.83. The predicted octanol–water partition coefficient (Wildman–Crippen LogP) is 1.08. The van der Waals surface area contributed by atoms with E-state index in [1.807, 2.05) is 0 Å². The Morgan fingerprint density at radius 3 is 2.67 bits per heavy atom. The minimum Gasteiger partial charge on any atom is -0.495 e. The summed E-state index contributed by atoms with van der Waals surface area (Å²) in [5.74, 6) is 3.47. The van der Waals surface area contributed by atoms with Crippen molar-refractivity contribution >= 4 is 0 Å². The molecule has 0 unspecified atom stereocenters. The second kappa shape index (κ2) is 3.63. The molecule has 12 heavy (non-hydrogen) atoms. The first kappa shape index (κ1) is 8.41. The molecule has 0 atom stereocenters. The molecular weight excluding hydrogens is 154 g/mol. The molecular formula is C9H9NO2. The number of aromatic nitrogens is 1. The van der Waals surface area contributed by atoms with Crippen LogP contribution in [0, 0.1) is 12.3 Å². The zero-order valence-electron chi connectivity index (χ0n) is 7.00. The van der Waals surface area contributed by atoms with Gasteiger partial charge in [0, 0.05) is 12.3 Å². The zero-order chi connectivity index (χ0) is 8.97. The van der Waals surface area contributed by atoms with Gasteiger partial charge in [-0.2, -0.15) is 0 Å². The maximum absolute atomic E-state index is 5.25. The van der Waals surface area contributed by atoms with E-state index in [4.69, 9.17) is 15.9 Å². The van der Waals surface area contributed by atoms with Crippen LogP contribution in [0.25, 0.3) is 0 Å². The van der Waals surface area contributed by atoms with Gasteiger partial charge in [-0.05, 0) is 0 Å². The van der Waals surface area contributed by atoms with Gasteiger partial charge in [0.1, 0.15) is 11.3 Å². The highest BCUT2D eigenvalue weighted by molar-refractivity contribution is 5.50. The third-order valence-electron chi connectivity index (χ3n) is 1.44. The van der Waals surface area contributed by atoms with Crippen LogP contribution in [-0.4, -0.2) is 19.2 Å². The number of hydrogen-bond acceptors (Lipinski definition) is 3. The van der Waals surface area contributed by atoms with Crippen molar-refractivity contribution in [3.63, 3.8) is 0 Å². The number of terminal acetylenes is 1. The number of rotatable bonds is 2. The lowest BCUT2D eigenvalue weighted by atomic mass is 10.2. The average molecular weight is 163 g/mol. The van der Waals surface area contributed by atoms with Crippen molar-refractivity contribution in [3.05, 3.63) is 17.8 Å². The van der Waals surface area contributed by atoms with E-state index in [0.717, 1.165) is 0 Å². The van der Waals surface area contributed by atoms with Crippen LogP contribution in [0.3, 0.4) is 0 Å². The Bertz CT molecular complexity index is 293. The third-order valence-corrected chi connectivity index (χ3v) is 1.44. The van der Waals surface area contributed by atoms with E-state index >= 15 is 0 Å². The lowest BCUT2D eigenvalue weighted by Gasteiger charge is -2.05. The molecule has 0 aliphatic carbocycles. The highest BCUT2D eigenvalue weighted by atomic mass is 16.5.